The van der Waals surface area contributed by atoms with E-state index in [9.17, 15) is 9.90 Å². The zero-order valence-electron chi connectivity index (χ0n) is 20.5. The predicted octanol–water partition coefficient (Wildman–Crippen LogP) is 8.33. The van der Waals surface area contributed by atoms with Gasteiger partial charge in [0.15, 0.2) is 0 Å². The fourth-order valence-corrected chi connectivity index (χ4v) is 3.87. The molecule has 1 aromatic rings. The zero-order valence-corrected chi connectivity index (χ0v) is 20.5. The summed E-state index contributed by atoms with van der Waals surface area (Å²) >= 11 is 0. The van der Waals surface area contributed by atoms with Crippen LogP contribution in [0, 0.1) is 11.8 Å². The highest BCUT2D eigenvalue weighted by atomic mass is 16.5. The highest BCUT2D eigenvalue weighted by molar-refractivity contribution is 5.89. The second-order valence-corrected chi connectivity index (χ2v) is 8.94. The van der Waals surface area contributed by atoms with E-state index in [1.54, 1.807) is 24.3 Å². The fourth-order valence-electron chi connectivity index (χ4n) is 3.87. The number of unbranched alkanes of at least 4 members (excludes halogenated alkanes) is 17. The summed E-state index contributed by atoms with van der Waals surface area (Å²) in [6.07, 6.45) is 24.2. The first-order valence-electron chi connectivity index (χ1n) is 13.2. The summed E-state index contributed by atoms with van der Waals surface area (Å²) in [5.74, 6) is 4.94. The van der Waals surface area contributed by atoms with Crippen molar-refractivity contribution < 1.29 is 14.6 Å². The lowest BCUT2D eigenvalue weighted by Crippen LogP contribution is -2.02. The molecule has 1 rings (SSSR count). The quantitative estimate of drug-likeness (QED) is 0.133. The van der Waals surface area contributed by atoms with Crippen LogP contribution in [0.15, 0.2) is 24.3 Å². The van der Waals surface area contributed by atoms with Crippen LogP contribution in [0.4, 0.5) is 0 Å². The molecule has 0 atom stereocenters. The summed E-state index contributed by atoms with van der Waals surface area (Å²) in [6, 6.07) is 6.44. The van der Waals surface area contributed by atoms with Gasteiger partial charge < -0.3 is 9.84 Å². The van der Waals surface area contributed by atoms with Crippen LogP contribution < -0.4 is 0 Å². The highest BCUT2D eigenvalue weighted by Crippen LogP contribution is 2.14. The molecule has 1 aromatic carbocycles. The van der Waals surface area contributed by atoms with Crippen molar-refractivity contribution in [1.29, 1.82) is 0 Å². The maximum atomic E-state index is 11.6. The molecule has 0 aliphatic rings. The van der Waals surface area contributed by atoms with Gasteiger partial charge in [-0.2, -0.15) is 0 Å². The van der Waals surface area contributed by atoms with Gasteiger partial charge in [-0.25, -0.2) is 4.79 Å². The molecule has 0 heterocycles. The maximum Gasteiger partial charge on any atom is 0.384 e. The molecule has 0 unspecified atom stereocenters. The minimum Gasteiger partial charge on any atom is -0.508 e. The molecule has 0 saturated carbocycles. The molecule has 0 fully saturated rings. The van der Waals surface area contributed by atoms with E-state index in [4.69, 9.17) is 4.74 Å². The SMILES string of the molecule is CCCCCCCCCCCCCCCCCCCCOC(=O)C#Cc1ccc(O)cc1. The Hall–Kier alpha value is -1.95. The van der Waals surface area contributed by atoms with Gasteiger partial charge in [0.1, 0.15) is 5.75 Å². The molecule has 0 bridgehead atoms. The van der Waals surface area contributed by atoms with Crippen molar-refractivity contribution in [2.75, 3.05) is 6.61 Å². The van der Waals surface area contributed by atoms with Crippen LogP contribution in [-0.2, 0) is 9.53 Å². The topological polar surface area (TPSA) is 46.5 Å². The Morgan fingerprint density at radius 3 is 1.53 bits per heavy atom. The third-order valence-electron chi connectivity index (χ3n) is 5.91. The number of carbonyl (C=O) groups is 1. The molecule has 180 valence electrons. The molecular formula is C29H46O3. The number of benzene rings is 1. The molecule has 0 aliphatic heterocycles. The van der Waals surface area contributed by atoms with Crippen LogP contribution in [0.25, 0.3) is 0 Å². The van der Waals surface area contributed by atoms with E-state index in [1.165, 1.54) is 103 Å². The van der Waals surface area contributed by atoms with Gasteiger partial charge in [0.05, 0.1) is 6.61 Å². The Morgan fingerprint density at radius 1 is 0.688 bits per heavy atom. The van der Waals surface area contributed by atoms with E-state index < -0.39 is 5.97 Å². The largest absolute Gasteiger partial charge is 0.508 e. The Balaban J connectivity index is 1.79. The zero-order chi connectivity index (χ0) is 23.1. The minimum absolute atomic E-state index is 0.187. The minimum atomic E-state index is -0.481. The first-order chi connectivity index (χ1) is 15.7. The van der Waals surface area contributed by atoms with Crippen LogP contribution in [0.2, 0.25) is 0 Å². The van der Waals surface area contributed by atoms with Crippen molar-refractivity contribution >= 4 is 5.97 Å². The number of phenols is 1. The molecule has 3 nitrogen and oxygen atoms in total. The lowest BCUT2D eigenvalue weighted by atomic mass is 10.0. The predicted molar refractivity (Wildman–Crippen MR) is 135 cm³/mol. The van der Waals surface area contributed by atoms with Crippen molar-refractivity contribution in [3.05, 3.63) is 29.8 Å². The van der Waals surface area contributed by atoms with Crippen LogP contribution >= 0.6 is 0 Å². The number of hydrogen-bond acceptors (Lipinski definition) is 3. The van der Waals surface area contributed by atoms with Gasteiger partial charge in [0, 0.05) is 11.5 Å². The number of rotatable bonds is 19. The molecular weight excluding hydrogens is 396 g/mol. The second kappa shape index (κ2) is 20.9. The monoisotopic (exact) mass is 442 g/mol. The highest BCUT2D eigenvalue weighted by Gasteiger charge is 1.98. The van der Waals surface area contributed by atoms with E-state index >= 15 is 0 Å². The Morgan fingerprint density at radius 2 is 1.09 bits per heavy atom. The van der Waals surface area contributed by atoms with Crippen molar-refractivity contribution in [2.45, 2.75) is 122 Å². The molecule has 1 N–H and O–H groups in total. The van der Waals surface area contributed by atoms with Gasteiger partial charge in [-0.05, 0) is 30.7 Å². The second-order valence-electron chi connectivity index (χ2n) is 8.94. The summed E-state index contributed by atoms with van der Waals surface area (Å²) in [6.45, 7) is 2.73. The number of phenolic OH excluding ortho intramolecular Hbond substituents is 1. The van der Waals surface area contributed by atoms with Gasteiger partial charge >= 0.3 is 5.97 Å². The Bertz CT molecular complexity index is 624. The van der Waals surface area contributed by atoms with E-state index in [2.05, 4.69) is 18.8 Å². The molecule has 0 aliphatic carbocycles. The van der Waals surface area contributed by atoms with Gasteiger partial charge in [-0.3, -0.25) is 0 Å². The smallest absolute Gasteiger partial charge is 0.384 e. The van der Waals surface area contributed by atoms with E-state index in [-0.39, 0.29) is 5.75 Å². The van der Waals surface area contributed by atoms with Gasteiger partial charge in [0.2, 0.25) is 0 Å². The van der Waals surface area contributed by atoms with Crippen LogP contribution in [-0.4, -0.2) is 17.7 Å². The number of aromatic hydroxyl groups is 1. The van der Waals surface area contributed by atoms with Crippen molar-refractivity contribution in [3.63, 3.8) is 0 Å². The normalized spacial score (nSPS) is 10.5. The maximum absolute atomic E-state index is 11.6. The van der Waals surface area contributed by atoms with Crippen LogP contribution in [0.5, 0.6) is 5.75 Å². The number of esters is 1. The van der Waals surface area contributed by atoms with Gasteiger partial charge in [0.25, 0.3) is 0 Å². The average Bonchev–Trinajstić information content (AvgIpc) is 2.80. The summed E-state index contributed by atoms with van der Waals surface area (Å²) < 4.78 is 5.15. The average molecular weight is 443 g/mol. The summed E-state index contributed by atoms with van der Waals surface area (Å²) in [5, 5.41) is 9.22. The summed E-state index contributed by atoms with van der Waals surface area (Å²) in [5.41, 5.74) is 0.688. The van der Waals surface area contributed by atoms with Crippen molar-refractivity contribution in [3.8, 4) is 17.6 Å². The summed E-state index contributed by atoms with van der Waals surface area (Å²) in [4.78, 5) is 11.6. The van der Waals surface area contributed by atoms with Crippen LogP contribution in [0.1, 0.15) is 128 Å². The Kier molecular flexibility index (Phi) is 18.4. The first kappa shape index (κ1) is 28.1. The third kappa shape index (κ3) is 17.7. The lowest BCUT2D eigenvalue weighted by Gasteiger charge is -2.04. The number of hydrogen-bond donors (Lipinski definition) is 1. The van der Waals surface area contributed by atoms with Gasteiger partial charge in [-0.15, -0.1) is 0 Å². The van der Waals surface area contributed by atoms with E-state index in [0.717, 1.165) is 12.8 Å². The molecule has 0 amide bonds. The molecule has 3 heteroatoms. The van der Waals surface area contributed by atoms with Crippen molar-refractivity contribution in [2.24, 2.45) is 0 Å². The molecule has 0 saturated heterocycles. The summed E-state index contributed by atoms with van der Waals surface area (Å²) in [7, 11) is 0. The van der Waals surface area contributed by atoms with Crippen molar-refractivity contribution in [1.82, 2.24) is 0 Å². The van der Waals surface area contributed by atoms with E-state index in [1.807, 2.05) is 0 Å². The number of ether oxygens (including phenoxy) is 1. The molecule has 0 aromatic heterocycles. The fraction of sp³-hybridized carbons (Fsp3) is 0.690. The first-order valence-corrected chi connectivity index (χ1v) is 13.2. The van der Waals surface area contributed by atoms with Gasteiger partial charge in [-0.1, -0.05) is 122 Å². The molecule has 0 spiro atoms. The molecule has 0 radical (unpaired) electrons. The Labute approximate surface area is 197 Å². The third-order valence-corrected chi connectivity index (χ3v) is 5.91. The van der Waals surface area contributed by atoms with E-state index in [0.29, 0.717) is 12.2 Å². The lowest BCUT2D eigenvalue weighted by molar-refractivity contribution is -0.136. The number of carbonyl (C=O) groups excluding carboxylic acids is 1. The molecule has 32 heavy (non-hydrogen) atoms. The van der Waals surface area contributed by atoms with Crippen LogP contribution in [0.3, 0.4) is 0 Å². The standard InChI is InChI=1S/C29H46O3/c1-2-3-4-5-6-7-8-9-10-11-12-13-14-15-16-17-18-19-26-32-29(31)25-22-27-20-23-28(30)24-21-27/h20-21,23-24,30H,2-19,26H2,1H3.